The van der Waals surface area contributed by atoms with Gasteiger partial charge in [0.25, 0.3) is 5.56 Å². The first kappa shape index (κ1) is 15.4. The molecule has 3 nitrogen and oxygen atoms in total. The molecule has 3 rings (SSSR count). The molecule has 0 N–H and O–H groups in total. The molecule has 0 amide bonds. The van der Waals surface area contributed by atoms with Crippen molar-refractivity contribution in [3.63, 3.8) is 0 Å². The van der Waals surface area contributed by atoms with E-state index >= 15 is 0 Å². The van der Waals surface area contributed by atoms with Gasteiger partial charge in [0.2, 0.25) is 0 Å². The third-order valence-corrected chi connectivity index (χ3v) is 4.60. The fourth-order valence-corrected chi connectivity index (χ4v) is 3.46. The number of ether oxygens (including phenoxy) is 1. The molecule has 112 valence electrons. The summed E-state index contributed by atoms with van der Waals surface area (Å²) >= 11 is 16.0. The molecule has 2 aromatic carbocycles. The molecule has 0 aliphatic heterocycles. The minimum Gasteiger partial charge on any atom is -0.497 e. The predicted molar refractivity (Wildman–Crippen MR) is 93.8 cm³/mol. The standard InChI is InChI=1S/C16H10BrCl2NO2/c1-22-9-7-11(17)10-5-6-15(21)20(14(10)8-9)16-12(18)3-2-4-13(16)19/h2-8H,1H3. The lowest BCUT2D eigenvalue weighted by Gasteiger charge is -2.15. The molecule has 1 aromatic heterocycles. The Kier molecular flexibility index (Phi) is 4.17. The minimum atomic E-state index is -0.220. The Balaban J connectivity index is 2.50. The first-order valence-corrected chi connectivity index (χ1v) is 7.91. The average Bonchev–Trinajstić information content (AvgIpc) is 2.48. The van der Waals surface area contributed by atoms with Crippen LogP contribution in [0.5, 0.6) is 5.75 Å². The van der Waals surface area contributed by atoms with E-state index in [1.807, 2.05) is 6.07 Å². The lowest BCUT2D eigenvalue weighted by molar-refractivity contribution is 0.415. The second-order valence-electron chi connectivity index (χ2n) is 4.62. The summed E-state index contributed by atoms with van der Waals surface area (Å²) < 4.78 is 7.59. The lowest BCUT2D eigenvalue weighted by Crippen LogP contribution is -2.18. The van der Waals surface area contributed by atoms with Gasteiger partial charge in [0.1, 0.15) is 5.75 Å². The van der Waals surface area contributed by atoms with Crippen LogP contribution in [-0.2, 0) is 0 Å². The van der Waals surface area contributed by atoms with E-state index in [0.29, 0.717) is 27.0 Å². The second kappa shape index (κ2) is 5.95. The maximum atomic E-state index is 12.4. The van der Waals surface area contributed by atoms with Gasteiger partial charge < -0.3 is 4.74 Å². The van der Waals surface area contributed by atoms with Crippen molar-refractivity contribution in [3.8, 4) is 11.4 Å². The van der Waals surface area contributed by atoms with Crippen LogP contribution in [0.15, 0.2) is 51.7 Å². The molecule has 0 aliphatic rings. The Morgan fingerprint density at radius 1 is 1.09 bits per heavy atom. The molecule has 3 aromatic rings. The summed E-state index contributed by atoms with van der Waals surface area (Å²) in [5, 5.41) is 1.67. The maximum absolute atomic E-state index is 12.4. The Hall–Kier alpha value is -1.49. The molecule has 0 unspecified atom stereocenters. The summed E-state index contributed by atoms with van der Waals surface area (Å²) in [4.78, 5) is 12.4. The Morgan fingerprint density at radius 3 is 2.41 bits per heavy atom. The van der Waals surface area contributed by atoms with Gasteiger partial charge in [0.05, 0.1) is 28.4 Å². The number of methoxy groups -OCH3 is 1. The fraction of sp³-hybridized carbons (Fsp3) is 0.0625. The quantitative estimate of drug-likeness (QED) is 0.603. The Labute approximate surface area is 145 Å². The molecule has 1 heterocycles. The van der Waals surface area contributed by atoms with E-state index in [1.54, 1.807) is 37.4 Å². The van der Waals surface area contributed by atoms with Crippen LogP contribution in [0.1, 0.15) is 0 Å². The third kappa shape index (κ3) is 2.51. The van der Waals surface area contributed by atoms with Crippen LogP contribution in [0.25, 0.3) is 16.6 Å². The van der Waals surface area contributed by atoms with Crippen LogP contribution in [0.4, 0.5) is 0 Å². The maximum Gasteiger partial charge on any atom is 0.255 e. The molecule has 6 heteroatoms. The smallest absolute Gasteiger partial charge is 0.255 e. The zero-order valence-electron chi connectivity index (χ0n) is 11.4. The number of fused-ring (bicyclic) bond motifs is 1. The number of nitrogens with zero attached hydrogens (tertiary/aromatic N) is 1. The number of pyridine rings is 1. The van der Waals surface area contributed by atoms with Crippen molar-refractivity contribution in [2.75, 3.05) is 7.11 Å². The molecular formula is C16H10BrCl2NO2. The normalized spacial score (nSPS) is 10.9. The van der Waals surface area contributed by atoms with E-state index < -0.39 is 0 Å². The summed E-state index contributed by atoms with van der Waals surface area (Å²) in [5.74, 6) is 0.627. The van der Waals surface area contributed by atoms with Gasteiger partial charge in [-0.25, -0.2) is 0 Å². The van der Waals surface area contributed by atoms with Crippen molar-refractivity contribution in [2.24, 2.45) is 0 Å². The van der Waals surface area contributed by atoms with Gasteiger partial charge in [-0.15, -0.1) is 0 Å². The van der Waals surface area contributed by atoms with Crippen molar-refractivity contribution >= 4 is 50.0 Å². The highest BCUT2D eigenvalue weighted by molar-refractivity contribution is 9.10. The van der Waals surface area contributed by atoms with Crippen LogP contribution in [0, 0.1) is 0 Å². The molecule has 0 bridgehead atoms. The molecule has 0 atom stereocenters. The zero-order chi connectivity index (χ0) is 15.9. The highest BCUT2D eigenvalue weighted by Crippen LogP contribution is 2.33. The number of hydrogen-bond donors (Lipinski definition) is 0. The summed E-state index contributed by atoms with van der Waals surface area (Å²) in [6.45, 7) is 0. The molecule has 0 saturated carbocycles. The van der Waals surface area contributed by atoms with Gasteiger partial charge in [-0.1, -0.05) is 29.3 Å². The number of hydrogen-bond acceptors (Lipinski definition) is 2. The third-order valence-electron chi connectivity index (χ3n) is 3.33. The fourth-order valence-electron chi connectivity index (χ4n) is 2.33. The average molecular weight is 399 g/mol. The van der Waals surface area contributed by atoms with E-state index in [9.17, 15) is 4.79 Å². The zero-order valence-corrected chi connectivity index (χ0v) is 14.5. The van der Waals surface area contributed by atoms with E-state index in [1.165, 1.54) is 10.6 Å². The van der Waals surface area contributed by atoms with Crippen LogP contribution in [0.3, 0.4) is 0 Å². The minimum absolute atomic E-state index is 0.220. The number of para-hydroxylation sites is 1. The van der Waals surface area contributed by atoms with Crippen LogP contribution >= 0.6 is 39.1 Å². The molecule has 0 radical (unpaired) electrons. The van der Waals surface area contributed by atoms with Crippen LogP contribution < -0.4 is 10.3 Å². The number of aromatic nitrogens is 1. The van der Waals surface area contributed by atoms with Crippen LogP contribution in [0.2, 0.25) is 10.0 Å². The number of rotatable bonds is 2. The van der Waals surface area contributed by atoms with Crippen molar-refractivity contribution in [1.29, 1.82) is 0 Å². The largest absolute Gasteiger partial charge is 0.497 e. The van der Waals surface area contributed by atoms with Crippen molar-refractivity contribution in [3.05, 3.63) is 67.3 Å². The Bertz CT molecular complexity index is 917. The lowest BCUT2D eigenvalue weighted by atomic mass is 10.2. The summed E-state index contributed by atoms with van der Waals surface area (Å²) in [6, 6.07) is 12.0. The summed E-state index contributed by atoms with van der Waals surface area (Å²) in [6.07, 6.45) is 0. The van der Waals surface area contributed by atoms with Crippen molar-refractivity contribution < 1.29 is 4.74 Å². The number of halogens is 3. The second-order valence-corrected chi connectivity index (χ2v) is 6.29. The highest BCUT2D eigenvalue weighted by atomic mass is 79.9. The first-order chi connectivity index (χ1) is 10.5. The predicted octanol–water partition coefficient (Wildman–Crippen LogP) is 5.07. The van der Waals surface area contributed by atoms with Crippen LogP contribution in [-0.4, -0.2) is 11.7 Å². The topological polar surface area (TPSA) is 31.2 Å². The van der Waals surface area contributed by atoms with E-state index in [4.69, 9.17) is 27.9 Å². The van der Waals surface area contributed by atoms with Gasteiger partial charge in [0, 0.05) is 22.0 Å². The van der Waals surface area contributed by atoms with Gasteiger partial charge in [-0.3, -0.25) is 9.36 Å². The highest BCUT2D eigenvalue weighted by Gasteiger charge is 2.14. The van der Waals surface area contributed by atoms with E-state index in [2.05, 4.69) is 15.9 Å². The molecule has 22 heavy (non-hydrogen) atoms. The van der Waals surface area contributed by atoms with Gasteiger partial charge in [-0.05, 0) is 40.2 Å². The van der Waals surface area contributed by atoms with Gasteiger partial charge in [-0.2, -0.15) is 0 Å². The van der Waals surface area contributed by atoms with Gasteiger partial charge in [0.15, 0.2) is 0 Å². The van der Waals surface area contributed by atoms with Gasteiger partial charge >= 0.3 is 0 Å². The van der Waals surface area contributed by atoms with E-state index in [-0.39, 0.29) is 5.56 Å². The summed E-state index contributed by atoms with van der Waals surface area (Å²) in [5.41, 5.74) is 0.901. The molecule has 0 spiro atoms. The Morgan fingerprint density at radius 2 is 1.77 bits per heavy atom. The monoisotopic (exact) mass is 397 g/mol. The molecule has 0 aliphatic carbocycles. The summed E-state index contributed by atoms with van der Waals surface area (Å²) in [7, 11) is 1.57. The van der Waals surface area contributed by atoms with Crippen molar-refractivity contribution in [2.45, 2.75) is 0 Å². The SMILES string of the molecule is COc1cc(Br)c2ccc(=O)n(-c3c(Cl)cccc3Cl)c2c1. The molecule has 0 fully saturated rings. The first-order valence-electron chi connectivity index (χ1n) is 6.36. The van der Waals surface area contributed by atoms with E-state index in [0.717, 1.165) is 9.86 Å². The number of benzene rings is 2. The molecular weight excluding hydrogens is 389 g/mol. The molecule has 0 saturated heterocycles. The van der Waals surface area contributed by atoms with Crippen molar-refractivity contribution in [1.82, 2.24) is 4.57 Å².